The van der Waals surface area contributed by atoms with Crippen molar-refractivity contribution in [1.29, 1.82) is 0 Å². The lowest BCUT2D eigenvalue weighted by atomic mass is 9.45. The van der Waals surface area contributed by atoms with Gasteiger partial charge in [-0.1, -0.05) is 0 Å². The number of halogens is 3. The molecule has 19 heavy (non-hydrogen) atoms. The van der Waals surface area contributed by atoms with Crippen LogP contribution in [0.5, 0.6) is 0 Å². The summed E-state index contributed by atoms with van der Waals surface area (Å²) in [7, 11) is 0. The van der Waals surface area contributed by atoms with Crippen LogP contribution in [-0.4, -0.2) is 34.8 Å². The predicted octanol–water partition coefficient (Wildman–Crippen LogP) is 1.42. The predicted molar refractivity (Wildman–Crippen MR) is 61.5 cm³/mol. The summed E-state index contributed by atoms with van der Waals surface area (Å²) in [5.41, 5.74) is 6.72. The van der Waals surface area contributed by atoms with Crippen LogP contribution in [0, 0.1) is 0 Å². The first kappa shape index (κ1) is 12.7. The molecule has 0 saturated heterocycles. The van der Waals surface area contributed by atoms with E-state index in [1.165, 1.54) is 0 Å². The Hall–Kier alpha value is -1.28. The Morgan fingerprint density at radius 2 is 2.11 bits per heavy atom. The maximum absolute atomic E-state index is 11.8. The normalized spacial score (nSPS) is 32.6. The summed E-state index contributed by atoms with van der Waals surface area (Å²) < 4.78 is 40.8. The lowest BCUT2D eigenvalue weighted by Crippen LogP contribution is -2.76. The van der Waals surface area contributed by atoms with Crippen molar-refractivity contribution in [2.45, 2.75) is 36.7 Å². The molecule has 0 amide bonds. The third-order valence-corrected chi connectivity index (χ3v) is 3.81. The zero-order chi connectivity index (χ0) is 13.7. The number of ether oxygens (including phenoxy) is 1. The van der Waals surface area contributed by atoms with Gasteiger partial charge in [-0.05, 0) is 19.3 Å². The van der Waals surface area contributed by atoms with Crippen molar-refractivity contribution < 1.29 is 17.9 Å². The first-order chi connectivity index (χ1) is 8.80. The van der Waals surface area contributed by atoms with E-state index in [-0.39, 0.29) is 17.6 Å². The third kappa shape index (κ3) is 2.30. The molecule has 0 radical (unpaired) electrons. The van der Waals surface area contributed by atoms with E-state index in [1.807, 2.05) is 10.9 Å². The van der Waals surface area contributed by atoms with Gasteiger partial charge < -0.3 is 11.1 Å². The van der Waals surface area contributed by atoms with Gasteiger partial charge in [0.2, 0.25) is 0 Å². The van der Waals surface area contributed by atoms with Crippen LogP contribution >= 0.6 is 0 Å². The van der Waals surface area contributed by atoms with Crippen LogP contribution in [0.3, 0.4) is 0 Å². The summed E-state index contributed by atoms with van der Waals surface area (Å²) in [4.78, 5) is 0. The van der Waals surface area contributed by atoms with Crippen molar-refractivity contribution in [2.75, 3.05) is 18.5 Å². The SMILES string of the molecule is NC12CC(n3cc(NCCOC(F)(F)F)cn3)(C1)C2. The second-order valence-electron chi connectivity index (χ2n) is 5.51. The summed E-state index contributed by atoms with van der Waals surface area (Å²) in [5, 5.41) is 7.09. The molecule has 106 valence electrons. The summed E-state index contributed by atoms with van der Waals surface area (Å²) in [6.45, 7) is -0.342. The van der Waals surface area contributed by atoms with E-state index in [1.54, 1.807) is 6.20 Å². The van der Waals surface area contributed by atoms with Crippen LogP contribution < -0.4 is 11.1 Å². The van der Waals surface area contributed by atoms with Crippen molar-refractivity contribution in [1.82, 2.24) is 9.78 Å². The summed E-state index contributed by atoms with van der Waals surface area (Å²) in [5.74, 6) is 0. The number of alkyl halides is 3. The lowest BCUT2D eigenvalue weighted by Gasteiger charge is -2.68. The van der Waals surface area contributed by atoms with Gasteiger partial charge in [-0.3, -0.25) is 9.42 Å². The fraction of sp³-hybridized carbons (Fsp3) is 0.727. The molecule has 8 heteroatoms. The average molecular weight is 276 g/mol. The van der Waals surface area contributed by atoms with Crippen molar-refractivity contribution in [3.63, 3.8) is 0 Å². The van der Waals surface area contributed by atoms with Gasteiger partial charge in [0, 0.05) is 18.3 Å². The summed E-state index contributed by atoms with van der Waals surface area (Å²) >= 11 is 0. The molecule has 3 fully saturated rings. The largest absolute Gasteiger partial charge is 0.522 e. The molecule has 1 aromatic rings. The minimum Gasteiger partial charge on any atom is -0.380 e. The molecule has 1 aromatic heterocycles. The minimum atomic E-state index is -4.58. The van der Waals surface area contributed by atoms with Crippen molar-refractivity contribution in [3.8, 4) is 0 Å². The standard InChI is InChI=1S/C11H15F3N4O/c12-11(13,14)19-2-1-16-8-3-17-18(4-8)10-5-9(15,6-10)7-10/h3-4,16H,1-2,5-7,15H2. The Morgan fingerprint density at radius 3 is 2.68 bits per heavy atom. The van der Waals surface area contributed by atoms with Gasteiger partial charge in [0.05, 0.1) is 24.0 Å². The fourth-order valence-corrected chi connectivity index (χ4v) is 3.09. The number of rotatable bonds is 5. The van der Waals surface area contributed by atoms with Crippen LogP contribution in [0.1, 0.15) is 19.3 Å². The second kappa shape index (κ2) is 3.86. The highest BCUT2D eigenvalue weighted by Crippen LogP contribution is 2.63. The smallest absolute Gasteiger partial charge is 0.380 e. The summed E-state index contributed by atoms with van der Waals surface area (Å²) in [6, 6.07) is 0. The Labute approximate surface area is 107 Å². The summed E-state index contributed by atoms with van der Waals surface area (Å²) in [6.07, 6.45) is 1.63. The Kier molecular flexibility index (Phi) is 2.59. The topological polar surface area (TPSA) is 65.1 Å². The van der Waals surface area contributed by atoms with Crippen LogP contribution in [0.25, 0.3) is 0 Å². The lowest BCUT2D eigenvalue weighted by molar-refractivity contribution is -0.322. The van der Waals surface area contributed by atoms with Gasteiger partial charge in [-0.15, -0.1) is 13.2 Å². The molecule has 3 N–H and O–H groups in total. The molecular formula is C11H15F3N4O. The third-order valence-electron chi connectivity index (χ3n) is 3.81. The van der Waals surface area contributed by atoms with E-state index in [0.29, 0.717) is 5.69 Å². The van der Waals surface area contributed by atoms with Gasteiger partial charge in [-0.25, -0.2) is 0 Å². The van der Waals surface area contributed by atoms with Crippen LogP contribution in [0.15, 0.2) is 12.4 Å². The van der Waals surface area contributed by atoms with Gasteiger partial charge >= 0.3 is 6.36 Å². The molecule has 3 saturated carbocycles. The van der Waals surface area contributed by atoms with Crippen molar-refractivity contribution in [2.24, 2.45) is 5.73 Å². The maximum atomic E-state index is 11.8. The molecule has 0 aliphatic heterocycles. The van der Waals surface area contributed by atoms with Gasteiger partial charge in [0.15, 0.2) is 0 Å². The van der Waals surface area contributed by atoms with Crippen LogP contribution in [0.2, 0.25) is 0 Å². The fourth-order valence-electron chi connectivity index (χ4n) is 3.09. The number of nitrogens with zero attached hydrogens (tertiary/aromatic N) is 2. The molecule has 0 spiro atoms. The van der Waals surface area contributed by atoms with E-state index in [4.69, 9.17) is 5.73 Å². The van der Waals surface area contributed by atoms with Gasteiger partial charge in [0.1, 0.15) is 0 Å². The number of nitrogens with two attached hydrogens (primary N) is 1. The first-order valence-corrected chi connectivity index (χ1v) is 6.09. The minimum absolute atomic E-state index is 0.0000897. The first-order valence-electron chi connectivity index (χ1n) is 6.09. The van der Waals surface area contributed by atoms with Gasteiger partial charge in [0.25, 0.3) is 0 Å². The molecule has 2 bridgehead atoms. The number of nitrogens with one attached hydrogen (secondary N) is 1. The number of hydrogen-bond acceptors (Lipinski definition) is 4. The Balaban J connectivity index is 1.47. The average Bonchev–Trinajstić information content (AvgIpc) is 2.66. The van der Waals surface area contributed by atoms with E-state index in [0.717, 1.165) is 19.3 Å². The van der Waals surface area contributed by atoms with E-state index < -0.39 is 13.0 Å². The van der Waals surface area contributed by atoms with E-state index in [9.17, 15) is 13.2 Å². The molecule has 3 aliphatic carbocycles. The highest BCUT2D eigenvalue weighted by Gasteiger charge is 2.67. The molecular weight excluding hydrogens is 261 g/mol. The molecule has 5 nitrogen and oxygen atoms in total. The van der Waals surface area contributed by atoms with Gasteiger partial charge in [-0.2, -0.15) is 5.10 Å². The number of anilines is 1. The molecule has 0 atom stereocenters. The van der Waals surface area contributed by atoms with Crippen molar-refractivity contribution >= 4 is 5.69 Å². The highest BCUT2D eigenvalue weighted by molar-refractivity contribution is 5.39. The van der Waals surface area contributed by atoms with Crippen molar-refractivity contribution in [3.05, 3.63) is 12.4 Å². The molecule has 0 aromatic carbocycles. The van der Waals surface area contributed by atoms with E-state index >= 15 is 0 Å². The molecule has 1 heterocycles. The molecule has 3 aliphatic rings. The molecule has 4 rings (SSSR count). The van der Waals surface area contributed by atoms with E-state index in [2.05, 4.69) is 15.2 Å². The van der Waals surface area contributed by atoms with Crippen LogP contribution in [-0.2, 0) is 10.3 Å². The Morgan fingerprint density at radius 1 is 1.42 bits per heavy atom. The zero-order valence-corrected chi connectivity index (χ0v) is 10.2. The zero-order valence-electron chi connectivity index (χ0n) is 10.2. The molecule has 0 unspecified atom stereocenters. The number of aromatic nitrogens is 2. The number of hydrogen-bond donors (Lipinski definition) is 2. The maximum Gasteiger partial charge on any atom is 0.522 e. The quantitative estimate of drug-likeness (QED) is 0.798. The monoisotopic (exact) mass is 276 g/mol. The Bertz CT molecular complexity index is 465. The highest BCUT2D eigenvalue weighted by atomic mass is 19.4. The van der Waals surface area contributed by atoms with Crippen LogP contribution in [0.4, 0.5) is 18.9 Å². The second-order valence-corrected chi connectivity index (χ2v) is 5.51.